The molecule has 1 atom stereocenters. The van der Waals surface area contributed by atoms with Gasteiger partial charge in [0.2, 0.25) is 0 Å². The van der Waals surface area contributed by atoms with Gasteiger partial charge in [-0.25, -0.2) is 4.79 Å². The van der Waals surface area contributed by atoms with E-state index in [9.17, 15) is 9.59 Å². The molecule has 3 aromatic carbocycles. The highest BCUT2D eigenvalue weighted by molar-refractivity contribution is 6.02. The molecule has 0 saturated carbocycles. The van der Waals surface area contributed by atoms with Gasteiger partial charge in [0.25, 0.3) is 0 Å². The first-order valence-electron chi connectivity index (χ1n) is 10.5. The molecule has 3 rings (SSSR count). The molecule has 33 heavy (non-hydrogen) atoms. The summed E-state index contributed by atoms with van der Waals surface area (Å²) in [6.45, 7) is 3.73. The lowest BCUT2D eigenvalue weighted by molar-refractivity contribution is -0.134. The van der Waals surface area contributed by atoms with Crippen molar-refractivity contribution < 1.29 is 14.3 Å². The summed E-state index contributed by atoms with van der Waals surface area (Å²) in [5.41, 5.74) is 8.78. The van der Waals surface area contributed by atoms with Crippen molar-refractivity contribution >= 4 is 34.9 Å². The minimum atomic E-state index is -0.472. The minimum absolute atomic E-state index is 0.0296. The third-order valence-electron chi connectivity index (χ3n) is 4.88. The Morgan fingerprint density at radius 2 is 1.67 bits per heavy atom. The second kappa shape index (κ2) is 10.8. The number of hydrogen-bond acceptors (Lipinski definition) is 5. The van der Waals surface area contributed by atoms with Crippen molar-refractivity contribution in [3.05, 3.63) is 83.9 Å². The Balaban J connectivity index is 1.79. The van der Waals surface area contributed by atoms with Crippen LogP contribution in [0, 0.1) is 5.41 Å². The number of benzene rings is 3. The van der Waals surface area contributed by atoms with Crippen LogP contribution in [0.4, 0.5) is 21.9 Å². The van der Waals surface area contributed by atoms with Crippen LogP contribution in [0.25, 0.3) is 0 Å². The molecule has 2 amide bonds. The highest BCUT2D eigenvalue weighted by Crippen LogP contribution is 2.31. The van der Waals surface area contributed by atoms with E-state index in [-0.39, 0.29) is 24.3 Å². The van der Waals surface area contributed by atoms with Crippen molar-refractivity contribution in [1.82, 2.24) is 0 Å². The molecule has 8 nitrogen and oxygen atoms in total. The minimum Gasteiger partial charge on any atom is -0.426 e. The average Bonchev–Trinajstić information content (AvgIpc) is 2.81. The summed E-state index contributed by atoms with van der Waals surface area (Å²) in [6.07, 6.45) is 0.241. The number of anilines is 3. The second-order valence-corrected chi connectivity index (χ2v) is 7.38. The third-order valence-corrected chi connectivity index (χ3v) is 4.88. The molecule has 0 saturated heterocycles. The summed E-state index contributed by atoms with van der Waals surface area (Å²) in [7, 11) is 0. The van der Waals surface area contributed by atoms with Crippen LogP contribution in [0.1, 0.15) is 37.4 Å². The molecule has 0 spiro atoms. The standard InChI is InChI=1S/C25H27N5O3/c1-3-23(31)33-20-13-14-21(28-16(2)17-7-5-4-6-8-17)22(15-20)30-25(32)29-19-11-9-18(10-12-19)24(26)27/h4-16,28H,3H2,1-2H3,(H3,26,27)(H2,29,30,32). The van der Waals surface area contributed by atoms with E-state index in [2.05, 4.69) is 16.0 Å². The fourth-order valence-corrected chi connectivity index (χ4v) is 3.10. The van der Waals surface area contributed by atoms with Crippen molar-refractivity contribution in [2.45, 2.75) is 26.3 Å². The molecule has 0 aliphatic carbocycles. The summed E-state index contributed by atoms with van der Waals surface area (Å²) in [4.78, 5) is 24.4. The van der Waals surface area contributed by atoms with E-state index >= 15 is 0 Å². The lowest BCUT2D eigenvalue weighted by Gasteiger charge is -2.20. The van der Waals surface area contributed by atoms with Crippen LogP contribution < -0.4 is 26.4 Å². The number of rotatable bonds is 8. The van der Waals surface area contributed by atoms with E-state index in [4.69, 9.17) is 15.9 Å². The summed E-state index contributed by atoms with van der Waals surface area (Å²) in [6, 6.07) is 21.1. The Morgan fingerprint density at radius 3 is 2.30 bits per heavy atom. The van der Waals surface area contributed by atoms with Crippen LogP contribution in [0.3, 0.4) is 0 Å². The first-order valence-corrected chi connectivity index (χ1v) is 10.5. The number of ether oxygens (including phenoxy) is 1. The molecule has 0 heterocycles. The quantitative estimate of drug-likeness (QED) is 0.142. The highest BCUT2D eigenvalue weighted by atomic mass is 16.5. The van der Waals surface area contributed by atoms with E-state index in [1.165, 1.54) is 0 Å². The molecule has 0 fully saturated rings. The monoisotopic (exact) mass is 445 g/mol. The smallest absolute Gasteiger partial charge is 0.323 e. The number of esters is 1. The molecule has 0 radical (unpaired) electrons. The summed E-state index contributed by atoms with van der Waals surface area (Å²) in [5, 5.41) is 16.4. The van der Waals surface area contributed by atoms with Crippen molar-refractivity contribution in [2.24, 2.45) is 5.73 Å². The van der Waals surface area contributed by atoms with Gasteiger partial charge in [-0.3, -0.25) is 10.2 Å². The number of amidine groups is 1. The van der Waals surface area contributed by atoms with Crippen LogP contribution in [0.2, 0.25) is 0 Å². The molecule has 6 N–H and O–H groups in total. The molecule has 0 aliphatic heterocycles. The predicted octanol–water partition coefficient (Wildman–Crippen LogP) is 5.10. The van der Waals surface area contributed by atoms with Gasteiger partial charge in [-0.1, -0.05) is 37.3 Å². The molecule has 1 unspecified atom stereocenters. The lowest BCUT2D eigenvalue weighted by Crippen LogP contribution is -2.21. The molecule has 170 valence electrons. The molecule has 0 aliphatic rings. The molecule has 0 aromatic heterocycles. The zero-order valence-electron chi connectivity index (χ0n) is 18.5. The van der Waals surface area contributed by atoms with Gasteiger partial charge in [-0.2, -0.15) is 0 Å². The summed E-state index contributed by atoms with van der Waals surface area (Å²) < 4.78 is 5.31. The van der Waals surface area contributed by atoms with Gasteiger partial charge in [0.05, 0.1) is 11.4 Å². The van der Waals surface area contributed by atoms with Crippen molar-refractivity contribution in [3.63, 3.8) is 0 Å². The maximum atomic E-state index is 12.7. The Labute approximate surface area is 192 Å². The van der Waals surface area contributed by atoms with Crippen LogP contribution in [0.5, 0.6) is 5.75 Å². The number of nitrogens with one attached hydrogen (secondary N) is 4. The number of carbonyl (C=O) groups is 2. The number of amides is 2. The van der Waals surface area contributed by atoms with E-state index in [0.717, 1.165) is 5.56 Å². The highest BCUT2D eigenvalue weighted by Gasteiger charge is 2.13. The zero-order valence-corrected chi connectivity index (χ0v) is 18.5. The van der Waals surface area contributed by atoms with Gasteiger partial charge in [0, 0.05) is 29.8 Å². The van der Waals surface area contributed by atoms with Gasteiger partial charge in [0.15, 0.2) is 0 Å². The Morgan fingerprint density at radius 1 is 0.970 bits per heavy atom. The van der Waals surface area contributed by atoms with Crippen LogP contribution in [0.15, 0.2) is 72.8 Å². The zero-order chi connectivity index (χ0) is 23.8. The SMILES string of the molecule is CCC(=O)Oc1ccc(NC(C)c2ccccc2)c(NC(=O)Nc2ccc(C(=N)N)cc2)c1. The van der Waals surface area contributed by atoms with Gasteiger partial charge in [0.1, 0.15) is 11.6 Å². The molecular weight excluding hydrogens is 418 g/mol. The maximum Gasteiger partial charge on any atom is 0.323 e. The van der Waals surface area contributed by atoms with Crippen molar-refractivity contribution in [2.75, 3.05) is 16.0 Å². The van der Waals surface area contributed by atoms with E-state index < -0.39 is 6.03 Å². The number of nitrogens with two attached hydrogens (primary N) is 1. The molecule has 0 bridgehead atoms. The molecular formula is C25H27N5O3. The normalized spacial score (nSPS) is 11.2. The maximum absolute atomic E-state index is 12.7. The fourth-order valence-electron chi connectivity index (χ4n) is 3.10. The largest absolute Gasteiger partial charge is 0.426 e. The Hall–Kier alpha value is -4.33. The number of urea groups is 1. The van der Waals surface area contributed by atoms with Crippen LogP contribution in [-0.2, 0) is 4.79 Å². The van der Waals surface area contributed by atoms with Gasteiger partial charge < -0.3 is 26.4 Å². The summed E-state index contributed by atoms with van der Waals surface area (Å²) >= 11 is 0. The average molecular weight is 446 g/mol. The van der Waals surface area contributed by atoms with Gasteiger partial charge in [-0.05, 0) is 48.9 Å². The predicted molar refractivity (Wildman–Crippen MR) is 131 cm³/mol. The first kappa shape index (κ1) is 23.3. The summed E-state index contributed by atoms with van der Waals surface area (Å²) in [5.74, 6) is -0.0807. The molecule has 8 heteroatoms. The van der Waals surface area contributed by atoms with Crippen LogP contribution >= 0.6 is 0 Å². The van der Waals surface area contributed by atoms with Crippen molar-refractivity contribution in [1.29, 1.82) is 5.41 Å². The van der Waals surface area contributed by atoms with E-state index in [0.29, 0.717) is 28.4 Å². The number of carbonyl (C=O) groups excluding carboxylic acids is 2. The number of hydrogen-bond donors (Lipinski definition) is 5. The first-order chi connectivity index (χ1) is 15.9. The number of nitrogen functional groups attached to an aromatic ring is 1. The van der Waals surface area contributed by atoms with E-state index in [1.54, 1.807) is 49.4 Å². The topological polar surface area (TPSA) is 129 Å². The lowest BCUT2D eigenvalue weighted by atomic mass is 10.1. The Bertz CT molecular complexity index is 1130. The van der Waals surface area contributed by atoms with E-state index in [1.807, 2.05) is 37.3 Å². The van der Waals surface area contributed by atoms with Gasteiger partial charge in [-0.15, -0.1) is 0 Å². The second-order valence-electron chi connectivity index (χ2n) is 7.38. The van der Waals surface area contributed by atoms with Gasteiger partial charge >= 0.3 is 12.0 Å². The Kier molecular flexibility index (Phi) is 7.64. The fraction of sp³-hybridized carbons (Fsp3) is 0.160. The third kappa shape index (κ3) is 6.57. The van der Waals surface area contributed by atoms with Crippen molar-refractivity contribution in [3.8, 4) is 5.75 Å². The molecule has 3 aromatic rings. The van der Waals surface area contributed by atoms with Crippen LogP contribution in [-0.4, -0.2) is 17.8 Å².